The largest absolute Gasteiger partial charge is 0.259 e. The molecule has 0 saturated heterocycles. The van der Waals surface area contributed by atoms with E-state index < -0.39 is 0 Å². The molecule has 94 valence electrons. The number of hydrogen-bond donors (Lipinski definition) is 0. The maximum Gasteiger partial charge on any atom is 0.0920 e. The first-order valence-corrected chi connectivity index (χ1v) is 6.55. The zero-order valence-electron chi connectivity index (χ0n) is 11.5. The summed E-state index contributed by atoms with van der Waals surface area (Å²) >= 11 is 0. The van der Waals surface area contributed by atoms with Crippen molar-refractivity contribution in [3.05, 3.63) is 35.2 Å². The van der Waals surface area contributed by atoms with Gasteiger partial charge in [0.1, 0.15) is 0 Å². The average molecular weight is 240 g/mol. The lowest BCUT2D eigenvalue weighted by molar-refractivity contribution is 0.913. The van der Waals surface area contributed by atoms with E-state index in [2.05, 4.69) is 37.6 Å². The van der Waals surface area contributed by atoms with Crippen LogP contribution in [0.3, 0.4) is 0 Å². The summed E-state index contributed by atoms with van der Waals surface area (Å²) in [6.45, 7) is 10.3. The van der Waals surface area contributed by atoms with Crippen LogP contribution in [0.25, 0.3) is 11.6 Å². The highest BCUT2D eigenvalue weighted by atomic mass is 14.8. The lowest BCUT2D eigenvalue weighted by Gasteiger charge is -2.18. The van der Waals surface area contributed by atoms with Crippen molar-refractivity contribution in [2.24, 2.45) is 4.99 Å². The van der Waals surface area contributed by atoms with Gasteiger partial charge in [-0.2, -0.15) is 0 Å². The molecule has 2 heteroatoms. The van der Waals surface area contributed by atoms with E-state index in [4.69, 9.17) is 4.98 Å². The Labute approximate surface area is 109 Å². The third-order valence-corrected chi connectivity index (χ3v) is 3.39. The Bertz CT molecular complexity index is 537. The fourth-order valence-electron chi connectivity index (χ4n) is 2.30. The molecule has 0 atom stereocenters. The minimum atomic E-state index is 0.910. The number of aliphatic imine (C=N–C) groups is 1. The zero-order chi connectivity index (χ0) is 13.1. The van der Waals surface area contributed by atoms with Gasteiger partial charge < -0.3 is 0 Å². The lowest BCUT2D eigenvalue weighted by atomic mass is 9.95. The van der Waals surface area contributed by atoms with Crippen molar-refractivity contribution < 1.29 is 0 Å². The first-order chi connectivity index (χ1) is 8.69. The van der Waals surface area contributed by atoms with Gasteiger partial charge >= 0.3 is 0 Å². The number of rotatable bonds is 3. The van der Waals surface area contributed by atoms with Crippen molar-refractivity contribution >= 4 is 23.6 Å². The Balaban J connectivity index is 2.69. The van der Waals surface area contributed by atoms with Crippen LogP contribution in [0.1, 0.15) is 49.2 Å². The van der Waals surface area contributed by atoms with E-state index in [1.165, 1.54) is 16.8 Å². The summed E-state index contributed by atoms with van der Waals surface area (Å²) in [5, 5.41) is 0. The second kappa shape index (κ2) is 5.30. The van der Waals surface area contributed by atoms with Gasteiger partial charge in [-0.05, 0) is 44.2 Å². The van der Waals surface area contributed by atoms with E-state index in [1.54, 1.807) is 0 Å². The Kier molecular flexibility index (Phi) is 3.75. The molecule has 2 nitrogen and oxygen atoms in total. The molecule has 1 aromatic rings. The van der Waals surface area contributed by atoms with E-state index in [9.17, 15) is 0 Å². The Morgan fingerprint density at radius 3 is 3.00 bits per heavy atom. The highest BCUT2D eigenvalue weighted by Gasteiger charge is 2.17. The van der Waals surface area contributed by atoms with Crippen LogP contribution in [0, 0.1) is 6.92 Å². The number of hydrogen-bond acceptors (Lipinski definition) is 2. The molecule has 0 fully saturated rings. The molecule has 0 spiro atoms. The molecule has 1 aliphatic rings. The fraction of sp³-hybridized carbons (Fsp3) is 0.375. The predicted octanol–water partition coefficient (Wildman–Crippen LogP) is 4.49. The van der Waals surface area contributed by atoms with Crippen molar-refractivity contribution in [1.29, 1.82) is 0 Å². The molecule has 0 saturated carbocycles. The maximum absolute atomic E-state index is 4.80. The molecule has 2 rings (SSSR count). The SMILES string of the molecule is C=C(CC)c1nc2c(c(C)c1N=CC)C=CCC2. The van der Waals surface area contributed by atoms with Crippen LogP contribution >= 0.6 is 0 Å². The molecule has 1 aromatic heterocycles. The van der Waals surface area contributed by atoms with E-state index in [0.717, 1.165) is 36.2 Å². The van der Waals surface area contributed by atoms with E-state index in [-0.39, 0.29) is 0 Å². The highest BCUT2D eigenvalue weighted by molar-refractivity contribution is 5.79. The monoisotopic (exact) mass is 240 g/mol. The van der Waals surface area contributed by atoms with Gasteiger partial charge in [-0.3, -0.25) is 9.98 Å². The summed E-state index contributed by atoms with van der Waals surface area (Å²) in [5.41, 5.74) is 6.68. The molecule has 1 aliphatic carbocycles. The predicted molar refractivity (Wildman–Crippen MR) is 79.5 cm³/mol. The third-order valence-electron chi connectivity index (χ3n) is 3.39. The van der Waals surface area contributed by atoms with Gasteiger partial charge in [0, 0.05) is 17.5 Å². The van der Waals surface area contributed by atoms with Crippen LogP contribution in [0.15, 0.2) is 17.6 Å². The van der Waals surface area contributed by atoms with E-state index in [0.29, 0.717) is 0 Å². The molecule has 18 heavy (non-hydrogen) atoms. The van der Waals surface area contributed by atoms with E-state index in [1.807, 2.05) is 13.1 Å². The summed E-state index contributed by atoms with van der Waals surface area (Å²) in [4.78, 5) is 9.30. The summed E-state index contributed by atoms with van der Waals surface area (Å²) in [6, 6.07) is 0. The van der Waals surface area contributed by atoms with Gasteiger partial charge in [-0.15, -0.1) is 0 Å². The molecule has 0 amide bonds. The number of aromatic nitrogens is 1. The van der Waals surface area contributed by atoms with E-state index >= 15 is 0 Å². The number of pyridine rings is 1. The zero-order valence-corrected chi connectivity index (χ0v) is 11.5. The molecule has 0 bridgehead atoms. The molecule has 0 aliphatic heterocycles. The van der Waals surface area contributed by atoms with Crippen LogP contribution in [0.2, 0.25) is 0 Å². The van der Waals surface area contributed by atoms with Gasteiger partial charge in [0.15, 0.2) is 0 Å². The van der Waals surface area contributed by atoms with Crippen LogP contribution in [-0.4, -0.2) is 11.2 Å². The topological polar surface area (TPSA) is 25.2 Å². The minimum Gasteiger partial charge on any atom is -0.259 e. The molecule has 0 aromatic carbocycles. The summed E-state index contributed by atoms with van der Waals surface area (Å²) in [7, 11) is 0. The van der Waals surface area contributed by atoms with Gasteiger partial charge in [0.25, 0.3) is 0 Å². The van der Waals surface area contributed by atoms with Gasteiger partial charge in [0.2, 0.25) is 0 Å². The van der Waals surface area contributed by atoms with Gasteiger partial charge in [-0.1, -0.05) is 25.7 Å². The summed E-state index contributed by atoms with van der Waals surface area (Å²) in [5.74, 6) is 0. The van der Waals surface area contributed by atoms with Gasteiger partial charge in [-0.25, -0.2) is 0 Å². The molecule has 1 heterocycles. The minimum absolute atomic E-state index is 0.910. The average Bonchev–Trinajstić information content (AvgIpc) is 2.41. The van der Waals surface area contributed by atoms with Gasteiger partial charge in [0.05, 0.1) is 11.4 Å². The molecule has 0 radical (unpaired) electrons. The Morgan fingerprint density at radius 2 is 2.33 bits per heavy atom. The Hall–Kier alpha value is -1.70. The van der Waals surface area contributed by atoms with Crippen molar-refractivity contribution in [3.8, 4) is 0 Å². The van der Waals surface area contributed by atoms with Crippen LogP contribution < -0.4 is 0 Å². The quantitative estimate of drug-likeness (QED) is 0.714. The summed E-state index contributed by atoms with van der Waals surface area (Å²) in [6.07, 6.45) is 9.22. The molecular weight excluding hydrogens is 220 g/mol. The number of fused-ring (bicyclic) bond motifs is 1. The van der Waals surface area contributed by atoms with Crippen LogP contribution in [-0.2, 0) is 6.42 Å². The highest BCUT2D eigenvalue weighted by Crippen LogP contribution is 2.34. The standard InChI is InChI=1S/C16H20N2/c1-5-11(3)15-16(17-6-2)12(4)13-9-7-8-10-14(13)18-15/h6-7,9H,3,5,8,10H2,1-2,4H3. The first-order valence-electron chi connectivity index (χ1n) is 6.55. The van der Waals surface area contributed by atoms with Crippen LogP contribution in [0.5, 0.6) is 0 Å². The summed E-state index contributed by atoms with van der Waals surface area (Å²) < 4.78 is 0. The fourth-order valence-corrected chi connectivity index (χ4v) is 2.30. The van der Waals surface area contributed by atoms with Crippen molar-refractivity contribution in [2.75, 3.05) is 0 Å². The molecule has 0 unspecified atom stereocenters. The Morgan fingerprint density at radius 1 is 1.56 bits per heavy atom. The smallest absolute Gasteiger partial charge is 0.0920 e. The third kappa shape index (κ3) is 2.15. The normalized spacial score (nSPS) is 13.9. The van der Waals surface area contributed by atoms with Crippen molar-refractivity contribution in [3.63, 3.8) is 0 Å². The number of nitrogens with zero attached hydrogens (tertiary/aromatic N) is 2. The second-order valence-corrected chi connectivity index (χ2v) is 4.58. The van der Waals surface area contributed by atoms with Crippen molar-refractivity contribution in [2.45, 2.75) is 40.0 Å². The number of allylic oxidation sites excluding steroid dienone is 2. The van der Waals surface area contributed by atoms with Crippen LogP contribution in [0.4, 0.5) is 5.69 Å². The number of aryl methyl sites for hydroxylation is 1. The molecule has 0 N–H and O–H groups in total. The lowest BCUT2D eigenvalue weighted by Crippen LogP contribution is -2.04. The van der Waals surface area contributed by atoms with Crippen molar-refractivity contribution in [1.82, 2.24) is 4.98 Å². The molecular formula is C16H20N2. The maximum atomic E-state index is 4.80. The second-order valence-electron chi connectivity index (χ2n) is 4.58. The first kappa shape index (κ1) is 12.7.